The van der Waals surface area contributed by atoms with Crippen molar-refractivity contribution in [2.24, 2.45) is 0 Å². The van der Waals surface area contributed by atoms with Gasteiger partial charge in [-0.25, -0.2) is 4.79 Å². The van der Waals surface area contributed by atoms with E-state index in [0.717, 1.165) is 11.4 Å². The molecule has 0 spiro atoms. The van der Waals surface area contributed by atoms with Crippen molar-refractivity contribution in [3.05, 3.63) is 22.2 Å². The normalized spacial score (nSPS) is 9.23. The molecule has 0 unspecified atom stereocenters. The van der Waals surface area contributed by atoms with Crippen molar-refractivity contribution in [2.45, 2.75) is 0 Å². The molecule has 7 heteroatoms. The summed E-state index contributed by atoms with van der Waals surface area (Å²) in [6.07, 6.45) is -1.53. The number of ether oxygens (including phenoxy) is 1. The predicted molar refractivity (Wildman–Crippen MR) is 46.3 cm³/mol. The van der Waals surface area contributed by atoms with E-state index in [1.54, 1.807) is 0 Å². The molecular weight excluding hydrogens is 196 g/mol. The Morgan fingerprint density at radius 3 is 3.00 bits per heavy atom. The Bertz CT molecular complexity index is 400. The first-order valence-electron chi connectivity index (χ1n) is 3.09. The Morgan fingerprint density at radius 1 is 1.77 bits per heavy atom. The fourth-order valence-corrected chi connectivity index (χ4v) is 0.763. The molecule has 2 N–H and O–H groups in total. The topological polar surface area (TPSA) is 92.3 Å². The maximum atomic E-state index is 10.8. The van der Waals surface area contributed by atoms with E-state index in [2.05, 4.69) is 26.9 Å². The molecule has 0 aromatic carbocycles. The third-order valence-electron chi connectivity index (χ3n) is 1.04. The first-order valence-corrected chi connectivity index (χ1v) is 3.56. The molecule has 0 aliphatic carbocycles. The quantitative estimate of drug-likeness (QED) is 0.522. The summed E-state index contributed by atoms with van der Waals surface area (Å²) >= 11 is 4.49. The summed E-state index contributed by atoms with van der Waals surface area (Å²) in [6, 6.07) is 0.913. The molecule has 0 saturated carbocycles. The second kappa shape index (κ2) is 3.76. The smallest absolute Gasteiger partial charge is 0.449 e. The van der Waals surface area contributed by atoms with Crippen molar-refractivity contribution in [3.63, 3.8) is 0 Å². The van der Waals surface area contributed by atoms with Gasteiger partial charge >= 0.3 is 6.16 Å². The van der Waals surface area contributed by atoms with E-state index in [-0.39, 0.29) is 11.7 Å². The molecule has 13 heavy (non-hydrogen) atoms. The fourth-order valence-electron chi connectivity index (χ4n) is 0.651. The Balaban J connectivity index is 3.08. The number of H-pyrrole nitrogens is 1. The van der Waals surface area contributed by atoms with Crippen molar-refractivity contribution in [2.75, 3.05) is 0 Å². The highest BCUT2D eigenvalue weighted by molar-refractivity contribution is 7.79. The number of nitrogens with one attached hydrogen (secondary N) is 1. The fraction of sp³-hybridized carbons (Fsp3) is 0. The predicted octanol–water partition coefficient (Wildman–Crippen LogP) is 0.174. The molecule has 0 saturated heterocycles. The van der Waals surface area contributed by atoms with E-state index in [1.807, 2.05) is 0 Å². The van der Waals surface area contributed by atoms with Crippen molar-refractivity contribution in [3.8, 4) is 5.88 Å². The third kappa shape index (κ3) is 2.64. The lowest BCUT2D eigenvalue weighted by atomic mass is 10.6. The van der Waals surface area contributed by atoms with Gasteiger partial charge in [-0.15, -0.1) is 0 Å². The van der Waals surface area contributed by atoms with Crippen LogP contribution in [0.4, 0.5) is 4.79 Å². The summed E-state index contributed by atoms with van der Waals surface area (Å²) in [4.78, 5) is 26.7. The molecule has 1 heterocycles. The standard InChI is InChI=1S/C6H4N2O4S/c9-4-1-5(12-6(10)11)8-3(2-13)7-4/h1-2H,(H,10,11)(H,7,8,9). The average molecular weight is 200 g/mol. The van der Waals surface area contributed by atoms with Crippen molar-refractivity contribution >= 4 is 23.7 Å². The number of thiocarbonyl (C=S) groups is 1. The van der Waals surface area contributed by atoms with E-state index >= 15 is 0 Å². The van der Waals surface area contributed by atoms with Gasteiger partial charge in [-0.05, 0) is 0 Å². The van der Waals surface area contributed by atoms with Crippen LogP contribution in [0.1, 0.15) is 5.82 Å². The summed E-state index contributed by atoms with van der Waals surface area (Å²) in [7, 11) is 0. The first-order chi connectivity index (χ1) is 6.11. The molecule has 1 rings (SSSR count). The third-order valence-corrected chi connectivity index (χ3v) is 1.26. The number of nitrogens with zero attached hydrogens (tertiary/aromatic N) is 1. The number of carboxylic acid groups (broad SMARTS) is 1. The van der Waals surface area contributed by atoms with E-state index < -0.39 is 11.7 Å². The number of aromatic amines is 1. The van der Waals surface area contributed by atoms with Crippen LogP contribution in [0, 0.1) is 0 Å². The molecule has 1 aromatic rings. The van der Waals surface area contributed by atoms with Crippen LogP contribution >= 0.6 is 12.2 Å². The highest BCUT2D eigenvalue weighted by Gasteiger charge is 2.04. The van der Waals surface area contributed by atoms with Gasteiger partial charge in [-0.3, -0.25) is 4.79 Å². The summed E-state index contributed by atoms with van der Waals surface area (Å²) < 4.78 is 4.16. The summed E-state index contributed by atoms with van der Waals surface area (Å²) in [5, 5.41) is 9.32. The van der Waals surface area contributed by atoms with E-state index in [4.69, 9.17) is 5.11 Å². The molecule has 0 atom stereocenters. The molecule has 0 aliphatic heterocycles. The largest absolute Gasteiger partial charge is 0.512 e. The molecule has 0 fully saturated rings. The average Bonchev–Trinajstić information content (AvgIpc) is 2.01. The lowest BCUT2D eigenvalue weighted by molar-refractivity contribution is 0.142. The van der Waals surface area contributed by atoms with Crippen molar-refractivity contribution in [1.29, 1.82) is 0 Å². The SMILES string of the molecule is O=C(O)Oc1cc(=O)[nH]c(C=S)n1. The zero-order valence-electron chi connectivity index (χ0n) is 6.18. The summed E-state index contributed by atoms with van der Waals surface area (Å²) in [5.41, 5.74) is -0.526. The number of rotatable bonds is 2. The maximum Gasteiger partial charge on any atom is 0.512 e. The van der Waals surface area contributed by atoms with Gasteiger partial charge in [0.2, 0.25) is 5.88 Å². The number of hydrogen-bond donors (Lipinski definition) is 2. The van der Waals surface area contributed by atoms with E-state index in [1.165, 1.54) is 0 Å². The maximum absolute atomic E-state index is 10.8. The van der Waals surface area contributed by atoms with Crippen molar-refractivity contribution in [1.82, 2.24) is 9.97 Å². The van der Waals surface area contributed by atoms with Gasteiger partial charge in [-0.2, -0.15) is 4.98 Å². The number of carbonyl (C=O) groups is 1. The minimum atomic E-state index is -1.53. The van der Waals surface area contributed by atoms with Crippen LogP contribution in [0.5, 0.6) is 5.88 Å². The van der Waals surface area contributed by atoms with E-state index in [0.29, 0.717) is 0 Å². The molecule has 0 aliphatic rings. The number of aromatic nitrogens is 2. The van der Waals surface area contributed by atoms with Gasteiger partial charge in [0.25, 0.3) is 5.56 Å². The van der Waals surface area contributed by atoms with Gasteiger partial charge in [-0.1, -0.05) is 12.2 Å². The Hall–Kier alpha value is -1.76. The minimum Gasteiger partial charge on any atom is -0.449 e. The van der Waals surface area contributed by atoms with Crippen LogP contribution in [0.15, 0.2) is 10.9 Å². The van der Waals surface area contributed by atoms with Gasteiger partial charge in [0.15, 0.2) is 0 Å². The van der Waals surface area contributed by atoms with Crippen LogP contribution in [-0.2, 0) is 0 Å². The Morgan fingerprint density at radius 2 is 2.46 bits per heavy atom. The zero-order valence-corrected chi connectivity index (χ0v) is 7.00. The molecular formula is C6H4N2O4S. The van der Waals surface area contributed by atoms with Crippen LogP contribution in [0.2, 0.25) is 0 Å². The van der Waals surface area contributed by atoms with Gasteiger partial charge in [0.05, 0.1) is 6.07 Å². The molecule has 68 valence electrons. The monoisotopic (exact) mass is 200 g/mol. The van der Waals surface area contributed by atoms with Crippen LogP contribution in [0.3, 0.4) is 0 Å². The second-order valence-corrected chi connectivity index (χ2v) is 2.19. The first kappa shape index (κ1) is 9.33. The highest BCUT2D eigenvalue weighted by Crippen LogP contribution is 2.00. The molecule has 0 bridgehead atoms. The second-order valence-electron chi connectivity index (χ2n) is 1.95. The number of hydrogen-bond acceptors (Lipinski definition) is 5. The zero-order chi connectivity index (χ0) is 9.84. The summed E-state index contributed by atoms with van der Waals surface area (Å²) in [5.74, 6) is -0.217. The Kier molecular flexibility index (Phi) is 2.70. The van der Waals surface area contributed by atoms with E-state index in [9.17, 15) is 9.59 Å². The van der Waals surface area contributed by atoms with Gasteiger partial charge < -0.3 is 14.8 Å². The summed E-state index contributed by atoms with van der Waals surface area (Å²) in [6.45, 7) is 0. The minimum absolute atomic E-state index is 0.0822. The van der Waals surface area contributed by atoms with Crippen molar-refractivity contribution < 1.29 is 14.6 Å². The molecule has 1 aromatic heterocycles. The Labute approximate surface area is 77.2 Å². The lowest BCUT2D eigenvalue weighted by Gasteiger charge is -1.97. The van der Waals surface area contributed by atoms with Crippen LogP contribution in [-0.4, -0.2) is 26.6 Å². The molecule has 0 amide bonds. The van der Waals surface area contributed by atoms with Crippen LogP contribution < -0.4 is 10.3 Å². The van der Waals surface area contributed by atoms with Crippen LogP contribution in [0.25, 0.3) is 0 Å². The molecule has 6 nitrogen and oxygen atoms in total. The highest BCUT2D eigenvalue weighted by atomic mass is 32.1. The van der Waals surface area contributed by atoms with Gasteiger partial charge in [0, 0.05) is 5.37 Å². The van der Waals surface area contributed by atoms with Gasteiger partial charge in [0.1, 0.15) is 5.82 Å². The molecule has 0 radical (unpaired) electrons. The lowest BCUT2D eigenvalue weighted by Crippen LogP contribution is -2.13.